The molecule has 0 aromatic carbocycles. The summed E-state index contributed by atoms with van der Waals surface area (Å²) in [6, 6.07) is 1.93. The van der Waals surface area contributed by atoms with Crippen molar-refractivity contribution in [3.8, 4) is 0 Å². The zero-order valence-electron chi connectivity index (χ0n) is 11.5. The van der Waals surface area contributed by atoms with Gasteiger partial charge >= 0.3 is 0 Å². The van der Waals surface area contributed by atoms with Gasteiger partial charge in [0.25, 0.3) is 0 Å². The summed E-state index contributed by atoms with van der Waals surface area (Å²) in [6.07, 6.45) is 2.76. The summed E-state index contributed by atoms with van der Waals surface area (Å²) >= 11 is 0. The number of rotatable bonds is 8. The van der Waals surface area contributed by atoms with Crippen LogP contribution in [-0.2, 0) is 4.74 Å². The fourth-order valence-electron chi connectivity index (χ4n) is 1.97. The Hall–Kier alpha value is -0.120. The molecule has 3 heteroatoms. The SMILES string of the molecule is COCC(NCC(C)N(C)C1CC1)C(C)C. The molecule has 1 aliphatic rings. The first-order chi connectivity index (χ1) is 7.56. The van der Waals surface area contributed by atoms with Gasteiger partial charge in [-0.15, -0.1) is 0 Å². The first kappa shape index (κ1) is 13.9. The molecule has 96 valence electrons. The Morgan fingerprint density at radius 1 is 1.31 bits per heavy atom. The lowest BCUT2D eigenvalue weighted by molar-refractivity contribution is 0.139. The van der Waals surface area contributed by atoms with Crippen LogP contribution in [0.2, 0.25) is 0 Å². The van der Waals surface area contributed by atoms with E-state index in [4.69, 9.17) is 4.74 Å². The number of nitrogens with zero attached hydrogens (tertiary/aromatic N) is 1. The molecule has 3 nitrogen and oxygen atoms in total. The lowest BCUT2D eigenvalue weighted by atomic mass is 10.1. The van der Waals surface area contributed by atoms with E-state index in [0.29, 0.717) is 18.0 Å². The van der Waals surface area contributed by atoms with Crippen LogP contribution in [0.5, 0.6) is 0 Å². The monoisotopic (exact) mass is 228 g/mol. The molecule has 0 bridgehead atoms. The maximum atomic E-state index is 5.24. The standard InChI is InChI=1S/C13H28N2O/c1-10(2)13(9-16-5)14-8-11(3)15(4)12-6-7-12/h10-14H,6-9H2,1-5H3. The van der Waals surface area contributed by atoms with Crippen molar-refractivity contribution in [3.63, 3.8) is 0 Å². The zero-order valence-corrected chi connectivity index (χ0v) is 11.5. The van der Waals surface area contributed by atoms with Gasteiger partial charge in [0.1, 0.15) is 0 Å². The van der Waals surface area contributed by atoms with Crippen LogP contribution >= 0.6 is 0 Å². The molecule has 0 spiro atoms. The van der Waals surface area contributed by atoms with Gasteiger partial charge in [0.15, 0.2) is 0 Å². The van der Waals surface area contributed by atoms with Crippen LogP contribution in [0.15, 0.2) is 0 Å². The van der Waals surface area contributed by atoms with E-state index in [-0.39, 0.29) is 0 Å². The van der Waals surface area contributed by atoms with E-state index in [1.54, 1.807) is 7.11 Å². The number of ether oxygens (including phenoxy) is 1. The molecule has 0 saturated heterocycles. The van der Waals surface area contributed by atoms with E-state index in [2.05, 4.69) is 38.0 Å². The number of methoxy groups -OCH3 is 1. The van der Waals surface area contributed by atoms with Crippen molar-refractivity contribution in [1.82, 2.24) is 10.2 Å². The van der Waals surface area contributed by atoms with Gasteiger partial charge in [-0.25, -0.2) is 0 Å². The van der Waals surface area contributed by atoms with Gasteiger partial charge in [0.2, 0.25) is 0 Å². The second-order valence-electron chi connectivity index (χ2n) is 5.46. The summed E-state index contributed by atoms with van der Waals surface area (Å²) in [5.74, 6) is 0.624. The average molecular weight is 228 g/mol. The molecule has 1 fully saturated rings. The minimum atomic E-state index is 0.472. The predicted octanol–water partition coefficient (Wildman–Crippen LogP) is 1.73. The molecule has 1 aliphatic carbocycles. The van der Waals surface area contributed by atoms with Gasteiger partial charge < -0.3 is 10.1 Å². The van der Waals surface area contributed by atoms with Gasteiger partial charge in [0.05, 0.1) is 6.61 Å². The Morgan fingerprint density at radius 3 is 2.38 bits per heavy atom. The average Bonchev–Trinajstić information content (AvgIpc) is 3.05. The van der Waals surface area contributed by atoms with Crippen LogP contribution in [0.25, 0.3) is 0 Å². The van der Waals surface area contributed by atoms with Crippen molar-refractivity contribution in [1.29, 1.82) is 0 Å². The molecular weight excluding hydrogens is 200 g/mol. The van der Waals surface area contributed by atoms with E-state index in [1.165, 1.54) is 12.8 Å². The minimum absolute atomic E-state index is 0.472. The Kier molecular flexibility index (Phi) is 5.73. The van der Waals surface area contributed by atoms with Crippen LogP contribution in [-0.4, -0.2) is 50.3 Å². The highest BCUT2D eigenvalue weighted by Gasteiger charge is 2.29. The van der Waals surface area contributed by atoms with E-state index in [9.17, 15) is 0 Å². The third-order valence-corrected chi connectivity index (χ3v) is 3.64. The van der Waals surface area contributed by atoms with Crippen LogP contribution in [0, 0.1) is 5.92 Å². The van der Waals surface area contributed by atoms with Crippen molar-refractivity contribution >= 4 is 0 Å². The third kappa shape index (κ3) is 4.40. The van der Waals surface area contributed by atoms with E-state index >= 15 is 0 Å². The summed E-state index contributed by atoms with van der Waals surface area (Å²) < 4.78 is 5.24. The largest absolute Gasteiger partial charge is 0.383 e. The van der Waals surface area contributed by atoms with Crippen LogP contribution in [0.4, 0.5) is 0 Å². The van der Waals surface area contributed by atoms with Gasteiger partial charge in [-0.2, -0.15) is 0 Å². The molecule has 0 aromatic rings. The van der Waals surface area contributed by atoms with Crippen molar-refractivity contribution in [2.24, 2.45) is 5.92 Å². The molecule has 1 saturated carbocycles. The van der Waals surface area contributed by atoms with Gasteiger partial charge in [0, 0.05) is 31.8 Å². The normalized spacial score (nSPS) is 20.4. The highest BCUT2D eigenvalue weighted by atomic mass is 16.5. The summed E-state index contributed by atoms with van der Waals surface area (Å²) in [5.41, 5.74) is 0. The molecule has 2 unspecified atom stereocenters. The fourth-order valence-corrected chi connectivity index (χ4v) is 1.97. The Balaban J connectivity index is 2.24. The first-order valence-electron chi connectivity index (χ1n) is 6.50. The Morgan fingerprint density at radius 2 is 1.94 bits per heavy atom. The molecule has 0 aromatic heterocycles. The molecular formula is C13H28N2O. The minimum Gasteiger partial charge on any atom is -0.383 e. The Bertz CT molecular complexity index is 192. The van der Waals surface area contributed by atoms with Crippen molar-refractivity contribution < 1.29 is 4.74 Å². The molecule has 0 radical (unpaired) electrons. The highest BCUT2D eigenvalue weighted by molar-refractivity contribution is 4.86. The molecule has 0 amide bonds. The van der Waals surface area contributed by atoms with E-state index in [1.807, 2.05) is 0 Å². The molecule has 0 aliphatic heterocycles. The van der Waals surface area contributed by atoms with Gasteiger partial charge in [-0.1, -0.05) is 13.8 Å². The van der Waals surface area contributed by atoms with Gasteiger partial charge in [-0.3, -0.25) is 4.90 Å². The molecule has 2 atom stereocenters. The van der Waals surface area contributed by atoms with Crippen molar-refractivity contribution in [2.75, 3.05) is 27.3 Å². The summed E-state index contributed by atoms with van der Waals surface area (Å²) in [7, 11) is 4.02. The topological polar surface area (TPSA) is 24.5 Å². The predicted molar refractivity (Wildman–Crippen MR) is 68.8 cm³/mol. The molecule has 1 rings (SSSR count). The number of nitrogens with one attached hydrogen (secondary N) is 1. The summed E-state index contributed by atoms with van der Waals surface area (Å²) in [5, 5.41) is 3.62. The third-order valence-electron chi connectivity index (χ3n) is 3.64. The van der Waals surface area contributed by atoms with Crippen molar-refractivity contribution in [3.05, 3.63) is 0 Å². The highest BCUT2D eigenvalue weighted by Crippen LogP contribution is 2.26. The molecule has 1 N–H and O–H groups in total. The number of hydrogen-bond donors (Lipinski definition) is 1. The lowest BCUT2D eigenvalue weighted by Gasteiger charge is -2.28. The van der Waals surface area contributed by atoms with Crippen molar-refractivity contribution in [2.45, 2.75) is 51.7 Å². The number of likely N-dealkylation sites (N-methyl/N-ethyl adjacent to an activating group) is 1. The zero-order chi connectivity index (χ0) is 12.1. The van der Waals surface area contributed by atoms with Gasteiger partial charge in [-0.05, 0) is 32.7 Å². The van der Waals surface area contributed by atoms with Crippen LogP contribution in [0.3, 0.4) is 0 Å². The smallest absolute Gasteiger partial charge is 0.0618 e. The maximum absolute atomic E-state index is 5.24. The summed E-state index contributed by atoms with van der Waals surface area (Å²) in [4.78, 5) is 2.50. The number of hydrogen-bond acceptors (Lipinski definition) is 3. The fraction of sp³-hybridized carbons (Fsp3) is 1.00. The summed E-state index contributed by atoms with van der Waals surface area (Å²) in [6.45, 7) is 8.64. The van der Waals surface area contributed by atoms with Crippen LogP contribution in [0.1, 0.15) is 33.6 Å². The van der Waals surface area contributed by atoms with E-state index < -0.39 is 0 Å². The quantitative estimate of drug-likeness (QED) is 0.685. The molecule has 16 heavy (non-hydrogen) atoms. The second kappa shape index (κ2) is 6.58. The first-order valence-corrected chi connectivity index (χ1v) is 6.50. The maximum Gasteiger partial charge on any atom is 0.0618 e. The molecule has 0 heterocycles. The van der Waals surface area contributed by atoms with E-state index in [0.717, 1.165) is 19.2 Å². The van der Waals surface area contributed by atoms with Crippen LogP contribution < -0.4 is 5.32 Å². The Labute approximate surface area is 101 Å². The second-order valence-corrected chi connectivity index (χ2v) is 5.46. The lowest BCUT2D eigenvalue weighted by Crippen LogP contribution is -2.46.